The highest BCUT2D eigenvalue weighted by atomic mass is 16.5. The van der Waals surface area contributed by atoms with Crippen molar-refractivity contribution < 1.29 is 9.53 Å². The van der Waals surface area contributed by atoms with Crippen LogP contribution in [0.2, 0.25) is 0 Å². The second-order valence-electron chi connectivity index (χ2n) is 4.69. The molecule has 0 saturated heterocycles. The first-order valence-corrected chi connectivity index (χ1v) is 6.29. The molecule has 1 aromatic rings. The highest BCUT2D eigenvalue weighted by molar-refractivity contribution is 5.77. The van der Waals surface area contributed by atoms with Crippen molar-refractivity contribution in [3.63, 3.8) is 0 Å². The van der Waals surface area contributed by atoms with Gasteiger partial charge in [0.15, 0.2) is 6.61 Å². The largest absolute Gasteiger partial charge is 0.484 e. The predicted octanol–water partition coefficient (Wildman–Crippen LogP) is 2.15. The summed E-state index contributed by atoms with van der Waals surface area (Å²) in [5, 5.41) is 0. The highest BCUT2D eigenvalue weighted by Gasteiger charge is 2.13. The van der Waals surface area contributed by atoms with Crippen LogP contribution in [0.25, 0.3) is 0 Å². The first-order chi connectivity index (χ1) is 8.52. The molecule has 0 bridgehead atoms. The van der Waals surface area contributed by atoms with Crippen LogP contribution in [-0.4, -0.2) is 30.5 Å². The number of carbonyl (C=O) groups excluding carboxylic acids is 1. The predicted molar refractivity (Wildman–Crippen MR) is 73.4 cm³/mol. The third-order valence-electron chi connectivity index (χ3n) is 2.54. The summed E-state index contributed by atoms with van der Waals surface area (Å²) in [6, 6.07) is 7.10. The van der Waals surface area contributed by atoms with E-state index in [-0.39, 0.29) is 12.5 Å². The maximum atomic E-state index is 11.9. The van der Waals surface area contributed by atoms with Gasteiger partial charge in [0.1, 0.15) is 5.75 Å². The molecule has 1 aromatic carbocycles. The molecule has 0 aliphatic carbocycles. The monoisotopic (exact) mass is 250 g/mol. The third-order valence-corrected chi connectivity index (χ3v) is 2.54. The Labute approximate surface area is 109 Å². The van der Waals surface area contributed by atoms with Gasteiger partial charge in [-0.25, -0.2) is 0 Å². The molecular weight excluding hydrogens is 228 g/mol. The van der Waals surface area contributed by atoms with Crippen molar-refractivity contribution in [2.45, 2.75) is 20.8 Å². The fraction of sp³-hybridized carbons (Fsp3) is 0.500. The zero-order chi connectivity index (χ0) is 13.5. The third kappa shape index (κ3) is 4.65. The Kier molecular flexibility index (Phi) is 5.49. The number of ether oxygens (including phenoxy) is 1. The molecule has 0 spiro atoms. The van der Waals surface area contributed by atoms with Crippen LogP contribution in [0, 0.1) is 5.92 Å². The lowest BCUT2D eigenvalue weighted by molar-refractivity contribution is -0.133. The Hall–Kier alpha value is -1.71. The molecule has 0 unspecified atom stereocenters. The van der Waals surface area contributed by atoms with Gasteiger partial charge in [-0.1, -0.05) is 19.9 Å². The van der Waals surface area contributed by atoms with Crippen LogP contribution in [-0.2, 0) is 4.79 Å². The number of nitrogens with two attached hydrogens (primary N) is 1. The molecule has 1 rings (SSSR count). The number of benzene rings is 1. The average Bonchev–Trinajstić information content (AvgIpc) is 2.33. The minimum absolute atomic E-state index is 0.00799. The van der Waals surface area contributed by atoms with E-state index in [1.165, 1.54) is 0 Å². The minimum atomic E-state index is 0.00799. The van der Waals surface area contributed by atoms with E-state index in [9.17, 15) is 4.79 Å². The van der Waals surface area contributed by atoms with Crippen molar-refractivity contribution in [3.8, 4) is 5.75 Å². The Morgan fingerprint density at radius 2 is 2.17 bits per heavy atom. The van der Waals surface area contributed by atoms with Crippen LogP contribution in [0.15, 0.2) is 24.3 Å². The Balaban J connectivity index is 2.49. The van der Waals surface area contributed by atoms with Crippen molar-refractivity contribution in [2.75, 3.05) is 25.4 Å². The van der Waals surface area contributed by atoms with Crippen LogP contribution < -0.4 is 10.5 Å². The summed E-state index contributed by atoms with van der Waals surface area (Å²) in [6.45, 7) is 7.68. The van der Waals surface area contributed by atoms with E-state index in [0.29, 0.717) is 23.9 Å². The number of nitrogen functional groups attached to an aromatic ring is 1. The van der Waals surface area contributed by atoms with Crippen molar-refractivity contribution in [1.82, 2.24) is 4.90 Å². The molecule has 0 fully saturated rings. The van der Waals surface area contributed by atoms with Gasteiger partial charge in [-0.2, -0.15) is 0 Å². The number of amides is 1. The summed E-state index contributed by atoms with van der Waals surface area (Å²) in [4.78, 5) is 13.7. The Morgan fingerprint density at radius 1 is 1.44 bits per heavy atom. The molecule has 1 amide bonds. The maximum absolute atomic E-state index is 11.9. The SMILES string of the molecule is CCN(CC(C)C)C(=O)COc1cccc(N)c1. The zero-order valence-corrected chi connectivity index (χ0v) is 11.3. The highest BCUT2D eigenvalue weighted by Crippen LogP contribution is 2.14. The maximum Gasteiger partial charge on any atom is 0.260 e. The van der Waals surface area contributed by atoms with E-state index in [1.807, 2.05) is 6.92 Å². The van der Waals surface area contributed by atoms with Gasteiger partial charge < -0.3 is 15.4 Å². The summed E-state index contributed by atoms with van der Waals surface area (Å²) >= 11 is 0. The molecule has 18 heavy (non-hydrogen) atoms. The molecule has 4 nitrogen and oxygen atoms in total. The van der Waals surface area contributed by atoms with E-state index in [0.717, 1.165) is 6.54 Å². The molecular formula is C14H22N2O2. The van der Waals surface area contributed by atoms with Crippen LogP contribution in [0.4, 0.5) is 5.69 Å². The van der Waals surface area contributed by atoms with Crippen molar-refractivity contribution >= 4 is 11.6 Å². The Morgan fingerprint density at radius 3 is 2.72 bits per heavy atom. The summed E-state index contributed by atoms with van der Waals surface area (Å²) < 4.78 is 5.44. The lowest BCUT2D eigenvalue weighted by Crippen LogP contribution is -2.37. The summed E-state index contributed by atoms with van der Waals surface area (Å²) in [5.41, 5.74) is 6.28. The number of nitrogens with zero attached hydrogens (tertiary/aromatic N) is 1. The van der Waals surface area contributed by atoms with E-state index in [2.05, 4.69) is 13.8 Å². The number of likely N-dealkylation sites (N-methyl/N-ethyl adjacent to an activating group) is 1. The van der Waals surface area contributed by atoms with Gasteiger partial charge in [0.25, 0.3) is 5.91 Å². The summed E-state index contributed by atoms with van der Waals surface area (Å²) in [5.74, 6) is 1.10. The smallest absolute Gasteiger partial charge is 0.260 e. The van der Waals surface area contributed by atoms with Gasteiger partial charge in [0.2, 0.25) is 0 Å². The van der Waals surface area contributed by atoms with Gasteiger partial charge in [-0.15, -0.1) is 0 Å². The van der Waals surface area contributed by atoms with Gasteiger partial charge in [0.05, 0.1) is 0 Å². The van der Waals surface area contributed by atoms with Crippen molar-refractivity contribution in [3.05, 3.63) is 24.3 Å². The van der Waals surface area contributed by atoms with Gasteiger partial charge in [-0.05, 0) is 25.0 Å². The first kappa shape index (κ1) is 14.4. The fourth-order valence-corrected chi connectivity index (χ4v) is 1.69. The molecule has 0 atom stereocenters. The van der Waals surface area contributed by atoms with E-state index >= 15 is 0 Å². The number of hydrogen-bond donors (Lipinski definition) is 1. The van der Waals surface area contributed by atoms with E-state index in [4.69, 9.17) is 10.5 Å². The van der Waals surface area contributed by atoms with Crippen LogP contribution in [0.5, 0.6) is 5.75 Å². The van der Waals surface area contributed by atoms with Crippen molar-refractivity contribution in [1.29, 1.82) is 0 Å². The van der Waals surface area contributed by atoms with Gasteiger partial charge in [-0.3, -0.25) is 4.79 Å². The summed E-state index contributed by atoms with van der Waals surface area (Å²) in [6.07, 6.45) is 0. The topological polar surface area (TPSA) is 55.6 Å². The molecule has 0 saturated carbocycles. The molecule has 0 radical (unpaired) electrons. The molecule has 4 heteroatoms. The first-order valence-electron chi connectivity index (χ1n) is 6.29. The quantitative estimate of drug-likeness (QED) is 0.787. The Bertz CT molecular complexity index is 391. The second-order valence-corrected chi connectivity index (χ2v) is 4.69. The second kappa shape index (κ2) is 6.89. The number of rotatable bonds is 6. The van der Waals surface area contributed by atoms with Crippen molar-refractivity contribution in [2.24, 2.45) is 5.92 Å². The van der Waals surface area contributed by atoms with Gasteiger partial charge in [0, 0.05) is 24.8 Å². The van der Waals surface area contributed by atoms with Crippen LogP contribution in [0.3, 0.4) is 0 Å². The standard InChI is InChI=1S/C14H22N2O2/c1-4-16(9-11(2)3)14(17)10-18-13-7-5-6-12(15)8-13/h5-8,11H,4,9-10,15H2,1-3H3. The van der Waals surface area contributed by atoms with E-state index < -0.39 is 0 Å². The molecule has 100 valence electrons. The molecule has 2 N–H and O–H groups in total. The van der Waals surface area contributed by atoms with E-state index in [1.54, 1.807) is 29.2 Å². The normalized spacial score (nSPS) is 10.4. The lowest BCUT2D eigenvalue weighted by atomic mass is 10.2. The fourth-order valence-electron chi connectivity index (χ4n) is 1.69. The summed E-state index contributed by atoms with van der Waals surface area (Å²) in [7, 11) is 0. The molecule has 0 aliphatic rings. The van der Waals surface area contributed by atoms with Crippen LogP contribution >= 0.6 is 0 Å². The average molecular weight is 250 g/mol. The number of anilines is 1. The van der Waals surface area contributed by atoms with Gasteiger partial charge >= 0.3 is 0 Å². The number of carbonyl (C=O) groups is 1. The molecule has 0 aliphatic heterocycles. The molecule has 0 aromatic heterocycles. The van der Waals surface area contributed by atoms with Crippen LogP contribution in [0.1, 0.15) is 20.8 Å². The number of hydrogen-bond acceptors (Lipinski definition) is 3. The lowest BCUT2D eigenvalue weighted by Gasteiger charge is -2.22. The molecule has 0 heterocycles. The minimum Gasteiger partial charge on any atom is -0.484 e. The zero-order valence-electron chi connectivity index (χ0n) is 11.3.